The molecule has 0 unspecified atom stereocenters. The molecule has 1 aliphatic heterocycles. The molecule has 0 spiro atoms. The number of hydrogen-bond acceptors (Lipinski definition) is 4. The Labute approximate surface area is 145 Å². The summed E-state index contributed by atoms with van der Waals surface area (Å²) in [5.74, 6) is 0.0323. The quantitative estimate of drug-likeness (QED) is 0.849. The van der Waals surface area contributed by atoms with Crippen molar-refractivity contribution in [2.45, 2.75) is 19.9 Å². The fraction of sp³-hybridized carbons (Fsp3) is 0.412. The van der Waals surface area contributed by atoms with E-state index in [0.29, 0.717) is 16.8 Å². The number of rotatable bonds is 3. The molecule has 0 radical (unpaired) electrons. The molecule has 3 rings (SSSR count). The third kappa shape index (κ3) is 3.74. The van der Waals surface area contributed by atoms with Gasteiger partial charge in [0.15, 0.2) is 0 Å². The maximum Gasteiger partial charge on any atom is 0.273 e. The van der Waals surface area contributed by atoms with Crippen molar-refractivity contribution in [1.82, 2.24) is 14.8 Å². The summed E-state index contributed by atoms with van der Waals surface area (Å²) in [4.78, 5) is 21.4. The fourth-order valence-electron chi connectivity index (χ4n) is 2.70. The van der Waals surface area contributed by atoms with E-state index in [0.717, 1.165) is 36.8 Å². The summed E-state index contributed by atoms with van der Waals surface area (Å²) in [6, 6.07) is 8.06. The van der Waals surface area contributed by atoms with Crippen LogP contribution in [0.4, 0.5) is 0 Å². The lowest BCUT2D eigenvalue weighted by Crippen LogP contribution is -2.50. The van der Waals surface area contributed by atoms with Gasteiger partial charge in [0.1, 0.15) is 10.7 Å². The lowest BCUT2D eigenvalue weighted by atomic mass is 10.2. The van der Waals surface area contributed by atoms with Crippen molar-refractivity contribution in [2.24, 2.45) is 0 Å². The molecule has 6 heteroatoms. The van der Waals surface area contributed by atoms with Crippen LogP contribution in [0.5, 0.6) is 0 Å². The van der Waals surface area contributed by atoms with E-state index in [1.54, 1.807) is 0 Å². The van der Waals surface area contributed by atoms with E-state index in [1.165, 1.54) is 11.3 Å². The summed E-state index contributed by atoms with van der Waals surface area (Å²) in [5.41, 5.74) is 1.53. The lowest BCUT2D eigenvalue weighted by molar-refractivity contribution is 0.0591. The largest absolute Gasteiger partial charge is 0.335 e. The molecule has 1 fully saturated rings. The van der Waals surface area contributed by atoms with Gasteiger partial charge in [-0.2, -0.15) is 0 Å². The number of amides is 1. The van der Waals surface area contributed by atoms with Crippen molar-refractivity contribution in [3.8, 4) is 10.6 Å². The number of halogens is 1. The monoisotopic (exact) mass is 349 g/mol. The molecular weight excluding hydrogens is 330 g/mol. The molecule has 23 heavy (non-hydrogen) atoms. The van der Waals surface area contributed by atoms with Gasteiger partial charge in [-0.3, -0.25) is 9.69 Å². The third-order valence-corrected chi connectivity index (χ3v) is 5.29. The van der Waals surface area contributed by atoms with Gasteiger partial charge < -0.3 is 4.90 Å². The smallest absolute Gasteiger partial charge is 0.273 e. The van der Waals surface area contributed by atoms with Gasteiger partial charge in [-0.15, -0.1) is 11.3 Å². The second-order valence-corrected chi connectivity index (χ2v) is 7.26. The van der Waals surface area contributed by atoms with E-state index in [4.69, 9.17) is 11.6 Å². The second-order valence-electron chi connectivity index (χ2n) is 5.97. The van der Waals surface area contributed by atoms with Crippen LogP contribution < -0.4 is 0 Å². The highest BCUT2D eigenvalue weighted by Gasteiger charge is 2.24. The van der Waals surface area contributed by atoms with Crippen LogP contribution in [-0.2, 0) is 0 Å². The number of carbonyl (C=O) groups is 1. The molecule has 1 amide bonds. The predicted molar refractivity (Wildman–Crippen MR) is 95.2 cm³/mol. The van der Waals surface area contributed by atoms with Crippen molar-refractivity contribution in [3.05, 3.63) is 40.4 Å². The van der Waals surface area contributed by atoms with Gasteiger partial charge in [0.25, 0.3) is 5.91 Å². The Kier molecular flexibility index (Phi) is 4.99. The van der Waals surface area contributed by atoms with Crippen LogP contribution in [0.2, 0.25) is 5.02 Å². The first-order valence-corrected chi connectivity index (χ1v) is 9.05. The van der Waals surface area contributed by atoms with E-state index < -0.39 is 0 Å². The Bertz CT molecular complexity index is 675. The number of benzene rings is 1. The number of piperazine rings is 1. The van der Waals surface area contributed by atoms with Gasteiger partial charge in [0.05, 0.1) is 0 Å². The summed E-state index contributed by atoms with van der Waals surface area (Å²) >= 11 is 7.40. The molecule has 1 aliphatic rings. The molecule has 2 heterocycles. The van der Waals surface area contributed by atoms with E-state index in [9.17, 15) is 4.79 Å². The first-order valence-electron chi connectivity index (χ1n) is 7.79. The van der Waals surface area contributed by atoms with E-state index in [2.05, 4.69) is 23.7 Å². The zero-order valence-electron chi connectivity index (χ0n) is 13.3. The van der Waals surface area contributed by atoms with Crippen molar-refractivity contribution in [1.29, 1.82) is 0 Å². The summed E-state index contributed by atoms with van der Waals surface area (Å²) in [7, 11) is 0. The summed E-state index contributed by atoms with van der Waals surface area (Å²) in [5, 5.41) is 3.40. The molecule has 0 saturated carbocycles. The summed E-state index contributed by atoms with van der Waals surface area (Å²) in [6.07, 6.45) is 0. The Hall–Kier alpha value is -1.43. The maximum atomic E-state index is 12.6. The standard InChI is InChI=1S/C17H20ClN3OS/c1-12(2)20-7-9-21(10-8-20)17(22)15-11-23-16(19-15)13-3-5-14(18)6-4-13/h3-6,11-12H,7-10H2,1-2H3. The van der Waals surface area contributed by atoms with Gasteiger partial charge >= 0.3 is 0 Å². The van der Waals surface area contributed by atoms with Crippen LogP contribution in [0.3, 0.4) is 0 Å². The van der Waals surface area contributed by atoms with E-state index in [1.807, 2.05) is 34.5 Å². The maximum absolute atomic E-state index is 12.6. The van der Waals surface area contributed by atoms with Crippen LogP contribution >= 0.6 is 22.9 Å². The van der Waals surface area contributed by atoms with Crippen molar-refractivity contribution >= 4 is 28.8 Å². The van der Waals surface area contributed by atoms with Gasteiger partial charge in [0.2, 0.25) is 0 Å². The second kappa shape index (κ2) is 6.99. The zero-order chi connectivity index (χ0) is 16.4. The molecule has 1 aromatic heterocycles. The normalized spacial score (nSPS) is 16.1. The first kappa shape index (κ1) is 16.4. The fourth-order valence-corrected chi connectivity index (χ4v) is 3.63. The number of thiazole rings is 1. The molecule has 1 saturated heterocycles. The van der Waals surface area contributed by atoms with Crippen LogP contribution in [0.1, 0.15) is 24.3 Å². The topological polar surface area (TPSA) is 36.4 Å². The van der Waals surface area contributed by atoms with Gasteiger partial charge in [0, 0.05) is 48.2 Å². The Balaban J connectivity index is 1.68. The Morgan fingerprint density at radius 3 is 2.43 bits per heavy atom. The van der Waals surface area contributed by atoms with E-state index in [-0.39, 0.29) is 5.91 Å². The summed E-state index contributed by atoms with van der Waals surface area (Å²) in [6.45, 7) is 7.78. The Morgan fingerprint density at radius 1 is 1.17 bits per heavy atom. The molecule has 2 aromatic rings. The lowest BCUT2D eigenvalue weighted by Gasteiger charge is -2.36. The molecule has 0 N–H and O–H groups in total. The number of carbonyl (C=O) groups excluding carboxylic acids is 1. The van der Waals surface area contributed by atoms with Gasteiger partial charge in [-0.25, -0.2) is 4.98 Å². The number of nitrogens with zero attached hydrogens (tertiary/aromatic N) is 3. The number of aromatic nitrogens is 1. The zero-order valence-corrected chi connectivity index (χ0v) is 14.9. The average Bonchev–Trinajstić information content (AvgIpc) is 3.05. The minimum Gasteiger partial charge on any atom is -0.335 e. The highest BCUT2D eigenvalue weighted by atomic mass is 35.5. The van der Waals surface area contributed by atoms with Gasteiger partial charge in [-0.05, 0) is 26.0 Å². The van der Waals surface area contributed by atoms with Crippen LogP contribution in [0, 0.1) is 0 Å². The Morgan fingerprint density at radius 2 is 1.83 bits per heavy atom. The molecule has 0 aliphatic carbocycles. The molecule has 0 atom stereocenters. The van der Waals surface area contributed by atoms with Crippen LogP contribution in [0.25, 0.3) is 10.6 Å². The first-order chi connectivity index (χ1) is 11.0. The minimum absolute atomic E-state index is 0.0323. The molecule has 1 aromatic carbocycles. The van der Waals surface area contributed by atoms with Gasteiger partial charge in [-0.1, -0.05) is 23.7 Å². The highest BCUT2D eigenvalue weighted by Crippen LogP contribution is 2.25. The SMILES string of the molecule is CC(C)N1CCN(C(=O)c2csc(-c3ccc(Cl)cc3)n2)CC1. The number of hydrogen-bond donors (Lipinski definition) is 0. The highest BCUT2D eigenvalue weighted by molar-refractivity contribution is 7.13. The van der Waals surface area contributed by atoms with Crippen LogP contribution in [0.15, 0.2) is 29.6 Å². The van der Waals surface area contributed by atoms with Crippen LogP contribution in [-0.4, -0.2) is 52.9 Å². The van der Waals surface area contributed by atoms with Crippen molar-refractivity contribution in [2.75, 3.05) is 26.2 Å². The summed E-state index contributed by atoms with van der Waals surface area (Å²) < 4.78 is 0. The van der Waals surface area contributed by atoms with Crippen molar-refractivity contribution in [3.63, 3.8) is 0 Å². The third-order valence-electron chi connectivity index (χ3n) is 4.15. The molecule has 4 nitrogen and oxygen atoms in total. The predicted octanol–water partition coefficient (Wildman–Crippen LogP) is 3.63. The molecule has 122 valence electrons. The van der Waals surface area contributed by atoms with Crippen molar-refractivity contribution < 1.29 is 4.79 Å². The minimum atomic E-state index is 0.0323. The average molecular weight is 350 g/mol. The van der Waals surface area contributed by atoms with E-state index >= 15 is 0 Å². The molecule has 0 bridgehead atoms. The molecular formula is C17H20ClN3OS.